The number of aromatic nitrogens is 5. The van der Waals surface area contributed by atoms with Crippen molar-refractivity contribution in [2.24, 2.45) is 17.8 Å². The smallest absolute Gasteiger partial charge is 0.342 e. The molecule has 202 valence electrons. The Hall–Kier alpha value is -3.85. The number of halogens is 5. The lowest BCUT2D eigenvalue weighted by atomic mass is 9.91. The van der Waals surface area contributed by atoms with Gasteiger partial charge in [-0.25, -0.2) is 27.7 Å². The van der Waals surface area contributed by atoms with E-state index in [0.717, 1.165) is 4.90 Å². The van der Waals surface area contributed by atoms with E-state index in [4.69, 9.17) is 0 Å². The van der Waals surface area contributed by atoms with Crippen LogP contribution < -0.4 is 10.6 Å². The minimum Gasteiger partial charge on any atom is -0.342 e. The maximum Gasteiger partial charge on any atom is 0.410 e. The van der Waals surface area contributed by atoms with Crippen LogP contribution in [0.4, 0.5) is 26.7 Å². The predicted molar refractivity (Wildman–Crippen MR) is 116 cm³/mol. The van der Waals surface area contributed by atoms with E-state index in [0.29, 0.717) is 16.9 Å². The van der Waals surface area contributed by atoms with Crippen molar-refractivity contribution in [2.45, 2.75) is 50.5 Å². The van der Waals surface area contributed by atoms with Crippen molar-refractivity contribution in [3.8, 4) is 0 Å². The second-order valence-electron chi connectivity index (χ2n) is 10.0. The molecular formula is C22H21F5N8O3. The number of urea groups is 1. The summed E-state index contributed by atoms with van der Waals surface area (Å²) in [6.07, 6.45) is -1.20. The van der Waals surface area contributed by atoms with Crippen molar-refractivity contribution >= 4 is 17.6 Å². The molecule has 4 heterocycles. The van der Waals surface area contributed by atoms with E-state index < -0.39 is 54.5 Å². The Balaban J connectivity index is 1.24. The second-order valence-corrected chi connectivity index (χ2v) is 10.0. The first kappa shape index (κ1) is 24.5. The molecule has 6 rings (SSSR count). The van der Waals surface area contributed by atoms with Gasteiger partial charge in [-0.2, -0.15) is 18.3 Å². The standard InChI is InChI=1S/C22H21F5N8O3/c1-9-17(33-38-32-9)19(36)31-18(11-3-12-13(4-11)21(12,23)24)14-7-35-16(29-14)2-10(5-28-35)6-34-8-15(22(25,26)27)30-20(34)37/h2,5,7,11-13,15,18H,3-4,6,8H2,1H3,(H,30,37)(H,31,36). The molecule has 0 spiro atoms. The molecule has 2 aliphatic carbocycles. The summed E-state index contributed by atoms with van der Waals surface area (Å²) in [6, 6.07) is -1.96. The van der Waals surface area contributed by atoms with E-state index >= 15 is 0 Å². The first-order valence-electron chi connectivity index (χ1n) is 11.9. The van der Waals surface area contributed by atoms with Crippen LogP contribution in [0.1, 0.15) is 46.3 Å². The molecule has 11 nitrogen and oxygen atoms in total. The van der Waals surface area contributed by atoms with Crippen molar-refractivity contribution in [2.75, 3.05) is 6.54 Å². The van der Waals surface area contributed by atoms with Gasteiger partial charge in [0.1, 0.15) is 11.7 Å². The van der Waals surface area contributed by atoms with E-state index in [9.17, 15) is 31.5 Å². The van der Waals surface area contributed by atoms with Crippen LogP contribution in [0.3, 0.4) is 0 Å². The molecule has 1 aliphatic heterocycles. The maximum atomic E-state index is 13.9. The number of imidazole rings is 1. The molecule has 1 saturated heterocycles. The molecule has 38 heavy (non-hydrogen) atoms. The maximum absolute atomic E-state index is 13.9. The average molecular weight is 540 g/mol. The summed E-state index contributed by atoms with van der Waals surface area (Å²) in [4.78, 5) is 30.5. The van der Waals surface area contributed by atoms with E-state index in [-0.39, 0.29) is 36.7 Å². The van der Waals surface area contributed by atoms with E-state index in [2.05, 4.69) is 30.3 Å². The predicted octanol–water partition coefficient (Wildman–Crippen LogP) is 2.64. The van der Waals surface area contributed by atoms with Crippen LogP contribution in [-0.2, 0) is 6.54 Å². The number of carbonyl (C=O) groups excluding carboxylic acids is 2. The fourth-order valence-electron chi connectivity index (χ4n) is 5.51. The van der Waals surface area contributed by atoms with Crippen molar-refractivity contribution in [1.29, 1.82) is 0 Å². The Bertz CT molecular complexity index is 1410. The molecule has 4 atom stereocenters. The second kappa shape index (κ2) is 8.33. The molecule has 2 N–H and O–H groups in total. The average Bonchev–Trinajstić information content (AvgIpc) is 3.48. The number of nitrogens with one attached hydrogen (secondary N) is 2. The van der Waals surface area contributed by atoms with Gasteiger partial charge >= 0.3 is 12.2 Å². The van der Waals surface area contributed by atoms with Crippen LogP contribution in [-0.4, -0.2) is 66.4 Å². The van der Waals surface area contributed by atoms with Gasteiger partial charge in [-0.3, -0.25) is 4.79 Å². The van der Waals surface area contributed by atoms with Gasteiger partial charge in [-0.1, -0.05) is 5.16 Å². The fraction of sp³-hybridized carbons (Fsp3) is 0.545. The molecule has 3 aromatic heterocycles. The summed E-state index contributed by atoms with van der Waals surface area (Å²) in [6.45, 7) is 0.885. The number of hydrogen-bond donors (Lipinski definition) is 2. The summed E-state index contributed by atoms with van der Waals surface area (Å²) >= 11 is 0. The number of carbonyl (C=O) groups is 2. The monoisotopic (exact) mass is 540 g/mol. The van der Waals surface area contributed by atoms with Crippen molar-refractivity contribution in [1.82, 2.24) is 40.4 Å². The zero-order valence-electron chi connectivity index (χ0n) is 19.7. The van der Waals surface area contributed by atoms with Gasteiger partial charge in [-0.15, -0.1) is 0 Å². The molecular weight excluding hydrogens is 519 g/mol. The zero-order chi connectivity index (χ0) is 27.0. The third-order valence-corrected chi connectivity index (χ3v) is 7.57. The largest absolute Gasteiger partial charge is 0.410 e. The quantitative estimate of drug-likeness (QED) is 0.460. The number of aryl methyl sites for hydroxylation is 1. The molecule has 0 aromatic carbocycles. The van der Waals surface area contributed by atoms with E-state index in [1.807, 2.05) is 5.32 Å². The van der Waals surface area contributed by atoms with Gasteiger partial charge in [-0.05, 0) is 42.5 Å². The van der Waals surface area contributed by atoms with Crippen LogP contribution in [0.2, 0.25) is 0 Å². The van der Waals surface area contributed by atoms with Gasteiger partial charge in [0, 0.05) is 18.4 Å². The minimum atomic E-state index is -4.56. The topological polar surface area (TPSA) is 131 Å². The molecule has 2 saturated carbocycles. The highest BCUT2D eigenvalue weighted by atomic mass is 19.4. The van der Waals surface area contributed by atoms with Crippen LogP contribution in [0.15, 0.2) is 23.1 Å². The van der Waals surface area contributed by atoms with E-state index in [1.165, 1.54) is 10.7 Å². The van der Waals surface area contributed by atoms with Gasteiger partial charge < -0.3 is 15.5 Å². The first-order chi connectivity index (χ1) is 17.9. The van der Waals surface area contributed by atoms with Crippen molar-refractivity contribution in [3.05, 3.63) is 41.1 Å². The molecule has 16 heteroatoms. The molecule has 3 aromatic rings. The minimum absolute atomic E-state index is 0.0336. The Morgan fingerprint density at radius 2 is 2.03 bits per heavy atom. The molecule has 0 bridgehead atoms. The molecule has 4 unspecified atom stereocenters. The highest BCUT2D eigenvalue weighted by molar-refractivity contribution is 5.93. The van der Waals surface area contributed by atoms with Gasteiger partial charge in [0.05, 0.1) is 30.7 Å². The number of fused-ring (bicyclic) bond motifs is 2. The zero-order valence-corrected chi connectivity index (χ0v) is 19.7. The van der Waals surface area contributed by atoms with E-state index in [1.54, 1.807) is 19.2 Å². The fourth-order valence-corrected chi connectivity index (χ4v) is 5.51. The van der Waals surface area contributed by atoms with Gasteiger partial charge in [0.15, 0.2) is 11.3 Å². The Morgan fingerprint density at radius 3 is 2.66 bits per heavy atom. The summed E-state index contributed by atoms with van der Waals surface area (Å²) in [5.41, 5.74) is 1.37. The normalized spacial score (nSPS) is 26.9. The van der Waals surface area contributed by atoms with Crippen LogP contribution in [0.5, 0.6) is 0 Å². The van der Waals surface area contributed by atoms with Gasteiger partial charge in [0.25, 0.3) is 11.8 Å². The Labute approximate surface area is 210 Å². The van der Waals surface area contributed by atoms with Crippen molar-refractivity contribution < 1.29 is 36.2 Å². The van der Waals surface area contributed by atoms with Crippen LogP contribution >= 0.6 is 0 Å². The summed E-state index contributed by atoms with van der Waals surface area (Å²) < 4.78 is 72.7. The lowest BCUT2D eigenvalue weighted by Gasteiger charge is -2.25. The SMILES string of the molecule is Cc1nonc1C(=O)NC(c1cn2ncc(CN3CC(C(F)(F)F)NC3=O)cc2n1)C1CC2C(C1)C2(F)F. The lowest BCUT2D eigenvalue weighted by molar-refractivity contribution is -0.149. The van der Waals surface area contributed by atoms with Crippen molar-refractivity contribution in [3.63, 3.8) is 0 Å². The number of hydrogen-bond acceptors (Lipinski definition) is 7. The van der Waals surface area contributed by atoms with Crippen LogP contribution in [0, 0.1) is 24.7 Å². The molecule has 3 fully saturated rings. The molecule has 3 amide bonds. The van der Waals surface area contributed by atoms with Gasteiger partial charge in [0.2, 0.25) is 0 Å². The number of amides is 3. The third-order valence-electron chi connectivity index (χ3n) is 7.57. The summed E-state index contributed by atoms with van der Waals surface area (Å²) in [7, 11) is 0. The first-order valence-corrected chi connectivity index (χ1v) is 11.9. The highest BCUT2D eigenvalue weighted by Gasteiger charge is 2.72. The summed E-state index contributed by atoms with van der Waals surface area (Å²) in [5, 5.41) is 16.2. The van der Waals surface area contributed by atoms with Crippen LogP contribution in [0.25, 0.3) is 5.65 Å². The lowest BCUT2D eigenvalue weighted by Crippen LogP contribution is -2.40. The number of alkyl halides is 5. The molecule has 0 radical (unpaired) electrons. The number of nitrogens with zero attached hydrogens (tertiary/aromatic N) is 6. The summed E-state index contributed by atoms with van der Waals surface area (Å²) in [5.74, 6) is -5.08. The number of rotatable bonds is 6. The molecule has 3 aliphatic rings. The Morgan fingerprint density at radius 1 is 1.29 bits per heavy atom. The Kier molecular flexibility index (Phi) is 5.36. The highest BCUT2D eigenvalue weighted by Crippen LogP contribution is 2.67. The third kappa shape index (κ3) is 4.11.